The van der Waals surface area contributed by atoms with E-state index in [0.717, 1.165) is 6.26 Å². The van der Waals surface area contributed by atoms with Crippen LogP contribution in [0.15, 0.2) is 40.9 Å². The van der Waals surface area contributed by atoms with Crippen molar-refractivity contribution in [1.82, 2.24) is 15.1 Å². The lowest BCUT2D eigenvalue weighted by molar-refractivity contribution is 0.122. The minimum atomic E-state index is -3.34. The molecule has 1 aromatic carbocycles. The lowest BCUT2D eigenvalue weighted by Gasteiger charge is -2.28. The molecule has 2 amide bonds. The number of carbonyl (C=O) groups excluding carboxylic acids is 1. The summed E-state index contributed by atoms with van der Waals surface area (Å²) in [7, 11) is -3.34. The minimum Gasteiger partial charge on any atom is -0.378 e. The SMILES string of the molecule is Cc1cc(N(C(N)=O)c2ccccc2-c2nc(CS(C)(=O)=O)cc(N3CCOCC3)n2)no1. The smallest absolute Gasteiger partial charge is 0.325 e. The number of carbonyl (C=O) groups is 1. The molecular formula is C21H24N6O5S. The number of amides is 2. The molecule has 0 unspecified atom stereocenters. The third-order valence-corrected chi connectivity index (χ3v) is 5.78. The van der Waals surface area contributed by atoms with Crippen LogP contribution in [0.3, 0.4) is 0 Å². The van der Waals surface area contributed by atoms with Gasteiger partial charge in [0.25, 0.3) is 0 Å². The van der Waals surface area contributed by atoms with Crippen molar-refractivity contribution in [3.63, 3.8) is 0 Å². The Morgan fingerprint density at radius 3 is 2.55 bits per heavy atom. The molecule has 1 fully saturated rings. The topological polar surface area (TPSA) is 145 Å². The van der Waals surface area contributed by atoms with Gasteiger partial charge in [0.2, 0.25) is 0 Å². The molecule has 0 aliphatic carbocycles. The van der Waals surface area contributed by atoms with E-state index in [9.17, 15) is 13.2 Å². The molecule has 0 bridgehead atoms. The van der Waals surface area contributed by atoms with Crippen molar-refractivity contribution in [2.24, 2.45) is 5.73 Å². The summed E-state index contributed by atoms with van der Waals surface area (Å²) in [4.78, 5) is 24.8. The summed E-state index contributed by atoms with van der Waals surface area (Å²) >= 11 is 0. The first-order chi connectivity index (χ1) is 15.7. The van der Waals surface area contributed by atoms with Gasteiger partial charge in [-0.05, 0) is 19.1 Å². The van der Waals surface area contributed by atoms with Gasteiger partial charge in [-0.1, -0.05) is 17.3 Å². The third kappa shape index (κ3) is 5.29. The number of nitrogens with zero attached hydrogens (tertiary/aromatic N) is 5. The molecule has 0 atom stereocenters. The normalized spacial score (nSPS) is 14.3. The second-order valence-electron chi connectivity index (χ2n) is 7.70. The van der Waals surface area contributed by atoms with Crippen LogP contribution < -0.4 is 15.5 Å². The second-order valence-corrected chi connectivity index (χ2v) is 9.84. The zero-order valence-corrected chi connectivity index (χ0v) is 19.1. The van der Waals surface area contributed by atoms with E-state index >= 15 is 0 Å². The predicted molar refractivity (Wildman–Crippen MR) is 122 cm³/mol. The zero-order chi connectivity index (χ0) is 23.6. The molecule has 1 saturated heterocycles. The quantitative estimate of drug-likeness (QED) is 0.569. The highest BCUT2D eigenvalue weighted by Gasteiger charge is 2.24. The average Bonchev–Trinajstić information content (AvgIpc) is 3.19. The van der Waals surface area contributed by atoms with Gasteiger partial charge in [-0.2, -0.15) is 0 Å². The van der Waals surface area contributed by atoms with Gasteiger partial charge in [0.15, 0.2) is 21.5 Å². The Kier molecular flexibility index (Phi) is 6.29. The van der Waals surface area contributed by atoms with Crippen LogP contribution >= 0.6 is 0 Å². The van der Waals surface area contributed by atoms with Crippen LogP contribution in [0.1, 0.15) is 11.5 Å². The minimum absolute atomic E-state index is 0.216. The predicted octanol–water partition coefficient (Wildman–Crippen LogP) is 2.04. The van der Waals surface area contributed by atoms with Crippen molar-refractivity contribution in [1.29, 1.82) is 0 Å². The van der Waals surface area contributed by atoms with Crippen LogP contribution in [0.25, 0.3) is 11.4 Å². The molecule has 33 heavy (non-hydrogen) atoms. The monoisotopic (exact) mass is 472 g/mol. The van der Waals surface area contributed by atoms with Crippen molar-refractivity contribution in [3.8, 4) is 11.4 Å². The molecule has 2 aromatic heterocycles. The summed E-state index contributed by atoms with van der Waals surface area (Å²) in [5.74, 6) is 1.33. The van der Waals surface area contributed by atoms with Crippen LogP contribution in [0, 0.1) is 6.92 Å². The Hall–Kier alpha value is -3.51. The Morgan fingerprint density at radius 2 is 1.91 bits per heavy atom. The number of aryl methyl sites for hydroxylation is 1. The number of primary amides is 1. The zero-order valence-electron chi connectivity index (χ0n) is 18.3. The number of urea groups is 1. The van der Waals surface area contributed by atoms with Gasteiger partial charge in [-0.15, -0.1) is 0 Å². The molecule has 12 heteroatoms. The van der Waals surface area contributed by atoms with Gasteiger partial charge in [-0.3, -0.25) is 0 Å². The molecule has 1 aliphatic rings. The summed E-state index contributed by atoms with van der Waals surface area (Å²) in [5.41, 5.74) is 6.91. The Morgan fingerprint density at radius 1 is 1.18 bits per heavy atom. The highest BCUT2D eigenvalue weighted by molar-refractivity contribution is 7.89. The van der Waals surface area contributed by atoms with E-state index in [2.05, 4.69) is 10.1 Å². The fourth-order valence-corrected chi connectivity index (χ4v) is 4.26. The van der Waals surface area contributed by atoms with E-state index < -0.39 is 15.9 Å². The van der Waals surface area contributed by atoms with Gasteiger partial charge in [0.05, 0.1) is 30.3 Å². The number of hydrogen-bond acceptors (Lipinski definition) is 9. The fraction of sp³-hybridized carbons (Fsp3) is 0.333. The van der Waals surface area contributed by atoms with Gasteiger partial charge in [0.1, 0.15) is 11.6 Å². The molecule has 2 N–H and O–H groups in total. The lowest BCUT2D eigenvalue weighted by atomic mass is 10.1. The number of ether oxygens (including phenoxy) is 1. The molecule has 0 spiro atoms. The molecule has 1 aliphatic heterocycles. The highest BCUT2D eigenvalue weighted by atomic mass is 32.2. The number of anilines is 3. The van der Waals surface area contributed by atoms with Gasteiger partial charge in [0, 0.05) is 37.0 Å². The van der Waals surface area contributed by atoms with E-state index in [-0.39, 0.29) is 17.4 Å². The van der Waals surface area contributed by atoms with E-state index in [1.807, 2.05) is 4.90 Å². The third-order valence-electron chi connectivity index (χ3n) is 4.96. The Bertz CT molecular complexity index is 1270. The largest absolute Gasteiger partial charge is 0.378 e. The van der Waals surface area contributed by atoms with Crippen molar-refractivity contribution in [3.05, 3.63) is 47.9 Å². The number of para-hydroxylation sites is 1. The van der Waals surface area contributed by atoms with Crippen LogP contribution in [0.4, 0.5) is 22.1 Å². The number of hydrogen-bond donors (Lipinski definition) is 1. The standard InChI is InChI=1S/C21H24N6O5S/c1-14-11-19(25-32-14)27(21(22)28)17-6-4-3-5-16(17)20-23-15(13-33(2,29)30)12-18(24-20)26-7-9-31-10-8-26/h3-6,11-12H,7-10,13H2,1-2H3,(H2,22,28). The summed E-state index contributed by atoms with van der Waals surface area (Å²) in [6.45, 7) is 4.01. The number of nitrogens with two attached hydrogens (primary N) is 1. The molecular weight excluding hydrogens is 448 g/mol. The molecule has 3 heterocycles. The van der Waals surface area contributed by atoms with Gasteiger partial charge >= 0.3 is 6.03 Å². The van der Waals surface area contributed by atoms with Crippen LogP contribution in [-0.2, 0) is 20.3 Å². The summed E-state index contributed by atoms with van der Waals surface area (Å²) in [5, 5.41) is 3.91. The second kappa shape index (κ2) is 9.16. The number of morpholine rings is 1. The first kappa shape index (κ1) is 22.7. The van der Waals surface area contributed by atoms with Crippen LogP contribution in [0.5, 0.6) is 0 Å². The molecule has 0 saturated carbocycles. The fourth-order valence-electron chi connectivity index (χ4n) is 3.57. The average molecular weight is 473 g/mol. The van der Waals surface area contributed by atoms with Crippen molar-refractivity contribution >= 4 is 33.2 Å². The summed E-state index contributed by atoms with van der Waals surface area (Å²) < 4.78 is 34.6. The molecule has 3 aromatic rings. The molecule has 4 rings (SSSR count). The van der Waals surface area contributed by atoms with E-state index in [0.29, 0.717) is 54.8 Å². The van der Waals surface area contributed by atoms with E-state index in [1.165, 1.54) is 4.90 Å². The maximum Gasteiger partial charge on any atom is 0.325 e. The maximum absolute atomic E-state index is 12.4. The molecule has 11 nitrogen and oxygen atoms in total. The molecule has 0 radical (unpaired) electrons. The summed E-state index contributed by atoms with van der Waals surface area (Å²) in [6, 6.07) is 9.42. The Labute approximate surface area is 191 Å². The van der Waals surface area contributed by atoms with Crippen LogP contribution in [0.2, 0.25) is 0 Å². The van der Waals surface area contributed by atoms with E-state index in [4.69, 9.17) is 20.0 Å². The number of sulfone groups is 1. The number of rotatable bonds is 6. The molecule has 174 valence electrons. The van der Waals surface area contributed by atoms with E-state index in [1.54, 1.807) is 43.3 Å². The van der Waals surface area contributed by atoms with Crippen LogP contribution in [-0.4, -0.2) is 62.1 Å². The lowest BCUT2D eigenvalue weighted by Crippen LogP contribution is -2.37. The maximum atomic E-state index is 12.4. The number of aromatic nitrogens is 3. The van der Waals surface area contributed by atoms with Gasteiger partial charge < -0.3 is 19.9 Å². The first-order valence-corrected chi connectivity index (χ1v) is 12.3. The first-order valence-electron chi connectivity index (χ1n) is 10.2. The highest BCUT2D eigenvalue weighted by Crippen LogP contribution is 2.34. The van der Waals surface area contributed by atoms with Crippen molar-refractivity contribution in [2.75, 3.05) is 42.4 Å². The van der Waals surface area contributed by atoms with Crippen molar-refractivity contribution in [2.45, 2.75) is 12.7 Å². The Balaban J connectivity index is 1.86. The number of benzene rings is 1. The van der Waals surface area contributed by atoms with Crippen molar-refractivity contribution < 1.29 is 22.5 Å². The summed E-state index contributed by atoms with van der Waals surface area (Å²) in [6.07, 6.45) is 1.15. The van der Waals surface area contributed by atoms with Gasteiger partial charge in [-0.25, -0.2) is 28.1 Å².